The van der Waals surface area contributed by atoms with Crippen molar-refractivity contribution in [2.75, 3.05) is 17.9 Å². The summed E-state index contributed by atoms with van der Waals surface area (Å²) in [4.78, 5) is 12.9. The Labute approximate surface area is 201 Å². The fourth-order valence-electron chi connectivity index (χ4n) is 3.75. The second-order valence-corrected chi connectivity index (χ2v) is 9.84. The Morgan fingerprint density at radius 1 is 0.971 bits per heavy atom. The van der Waals surface area contributed by atoms with E-state index in [0.717, 1.165) is 19.3 Å². The van der Waals surface area contributed by atoms with Crippen LogP contribution in [0.1, 0.15) is 68.5 Å². The molecule has 0 saturated carbocycles. The van der Waals surface area contributed by atoms with Crippen LogP contribution >= 0.6 is 0 Å². The van der Waals surface area contributed by atoms with Gasteiger partial charge in [0.1, 0.15) is 22.7 Å². The second-order valence-electron chi connectivity index (χ2n) is 8.16. The molecule has 1 N–H and O–H groups in total. The fraction of sp³-hybridized carbons (Fsp3) is 0.423. The van der Waals surface area contributed by atoms with Crippen molar-refractivity contribution >= 4 is 32.6 Å². The number of carbonyl (C=O) groups is 1. The first-order valence-corrected chi connectivity index (χ1v) is 13.3. The number of nitrogens with one attached hydrogen (secondary N) is 1. The minimum Gasteiger partial charge on any atom is -0.494 e. The number of hydrogen-bond acceptors (Lipinski definition) is 6. The second kappa shape index (κ2) is 11.9. The number of ether oxygens (including phenoxy) is 2. The minimum absolute atomic E-state index is 0.109. The third-order valence-corrected chi connectivity index (χ3v) is 6.89. The molecule has 0 amide bonds. The summed E-state index contributed by atoms with van der Waals surface area (Å²) in [6.45, 7) is 6.58. The predicted molar refractivity (Wildman–Crippen MR) is 133 cm³/mol. The maximum atomic E-state index is 12.8. The number of sulfonamides is 1. The van der Waals surface area contributed by atoms with Gasteiger partial charge in [0.2, 0.25) is 0 Å². The molecule has 8 heteroatoms. The van der Waals surface area contributed by atoms with Crippen molar-refractivity contribution in [2.45, 2.75) is 64.2 Å². The molecule has 0 aliphatic carbocycles. The fourth-order valence-corrected chi connectivity index (χ4v) is 4.80. The van der Waals surface area contributed by atoms with Gasteiger partial charge in [0.15, 0.2) is 0 Å². The van der Waals surface area contributed by atoms with Crippen molar-refractivity contribution in [2.24, 2.45) is 0 Å². The molecule has 0 unspecified atom stereocenters. The van der Waals surface area contributed by atoms with Gasteiger partial charge in [-0.15, -0.1) is 0 Å². The van der Waals surface area contributed by atoms with Crippen LogP contribution in [0.4, 0.5) is 5.69 Å². The number of benzene rings is 2. The van der Waals surface area contributed by atoms with Gasteiger partial charge in [-0.05, 0) is 62.7 Å². The molecule has 1 aromatic heterocycles. The number of carbonyl (C=O) groups excluding carboxylic acids is 1. The summed E-state index contributed by atoms with van der Waals surface area (Å²) in [7, 11) is -3.82. The molecule has 0 spiro atoms. The lowest BCUT2D eigenvalue weighted by molar-refractivity contribution is 0.0497. The highest BCUT2D eigenvalue weighted by Crippen LogP contribution is 2.30. The maximum absolute atomic E-state index is 12.8. The smallest absolute Gasteiger partial charge is 0.342 e. The van der Waals surface area contributed by atoms with E-state index in [1.807, 2.05) is 6.92 Å². The molecule has 0 atom stereocenters. The van der Waals surface area contributed by atoms with Crippen LogP contribution in [-0.2, 0) is 14.8 Å². The topological polar surface area (TPSA) is 94.8 Å². The van der Waals surface area contributed by atoms with Crippen molar-refractivity contribution < 1.29 is 27.1 Å². The number of anilines is 1. The maximum Gasteiger partial charge on any atom is 0.342 e. The largest absolute Gasteiger partial charge is 0.494 e. The summed E-state index contributed by atoms with van der Waals surface area (Å²) in [5, 5.41) is 0.511. The first-order chi connectivity index (χ1) is 16.4. The van der Waals surface area contributed by atoms with E-state index < -0.39 is 16.0 Å². The number of aryl methyl sites for hydroxylation is 1. The molecule has 0 fully saturated rings. The van der Waals surface area contributed by atoms with Gasteiger partial charge in [-0.2, -0.15) is 0 Å². The molecule has 0 aliphatic rings. The number of hydrogen-bond donors (Lipinski definition) is 1. The van der Waals surface area contributed by atoms with Crippen molar-refractivity contribution in [3.05, 3.63) is 53.8 Å². The minimum atomic E-state index is -3.82. The number of esters is 1. The van der Waals surface area contributed by atoms with Crippen LogP contribution in [0.5, 0.6) is 5.75 Å². The van der Waals surface area contributed by atoms with E-state index >= 15 is 0 Å². The average Bonchev–Trinajstić information content (AvgIpc) is 3.13. The van der Waals surface area contributed by atoms with Crippen LogP contribution in [0.25, 0.3) is 11.0 Å². The molecule has 0 radical (unpaired) electrons. The third-order valence-electron chi connectivity index (χ3n) is 5.50. The summed E-state index contributed by atoms with van der Waals surface area (Å²) in [5.41, 5.74) is 1.14. The highest BCUT2D eigenvalue weighted by atomic mass is 32.2. The van der Waals surface area contributed by atoms with Gasteiger partial charge in [-0.25, -0.2) is 13.2 Å². The lowest BCUT2D eigenvalue weighted by Gasteiger charge is -2.09. The highest BCUT2D eigenvalue weighted by molar-refractivity contribution is 7.92. The predicted octanol–water partition coefficient (Wildman–Crippen LogP) is 6.46. The van der Waals surface area contributed by atoms with Crippen molar-refractivity contribution in [3.63, 3.8) is 0 Å². The zero-order valence-corrected chi connectivity index (χ0v) is 20.9. The summed E-state index contributed by atoms with van der Waals surface area (Å²) >= 11 is 0. The number of unbranched alkanes of at least 4 members (excludes halogenated alkanes) is 5. The van der Waals surface area contributed by atoms with Gasteiger partial charge in [0, 0.05) is 11.1 Å². The summed E-state index contributed by atoms with van der Waals surface area (Å²) in [5.74, 6) is 0.576. The molecule has 0 saturated heterocycles. The Hall–Kier alpha value is -3.00. The van der Waals surface area contributed by atoms with Gasteiger partial charge in [-0.1, -0.05) is 39.0 Å². The zero-order chi connectivity index (χ0) is 24.6. The standard InChI is InChI=1S/C26H33NO6S/c1-4-6-7-8-9-10-17-32-26(28)25-19(3)33-24-16-11-20(18-23(24)25)27-34(29,30)22-14-12-21(13-15-22)31-5-2/h11-16,18,27H,4-10,17H2,1-3H3. The van der Waals surface area contributed by atoms with Crippen LogP contribution < -0.4 is 9.46 Å². The van der Waals surface area contributed by atoms with Crippen molar-refractivity contribution in [1.82, 2.24) is 0 Å². The number of furan rings is 1. The Morgan fingerprint density at radius 3 is 2.38 bits per heavy atom. The molecule has 34 heavy (non-hydrogen) atoms. The molecule has 184 valence electrons. The van der Waals surface area contributed by atoms with E-state index in [-0.39, 0.29) is 4.90 Å². The average molecular weight is 488 g/mol. The monoisotopic (exact) mass is 487 g/mol. The van der Waals surface area contributed by atoms with E-state index in [1.165, 1.54) is 31.4 Å². The SMILES string of the molecule is CCCCCCCCOC(=O)c1c(C)oc2ccc(NS(=O)(=O)c3ccc(OCC)cc3)cc12. The van der Waals surface area contributed by atoms with E-state index in [0.29, 0.717) is 46.9 Å². The van der Waals surface area contributed by atoms with Crippen LogP contribution in [0.3, 0.4) is 0 Å². The Kier molecular flexibility index (Phi) is 8.98. The van der Waals surface area contributed by atoms with E-state index in [9.17, 15) is 13.2 Å². The van der Waals surface area contributed by atoms with Crippen LogP contribution in [0.2, 0.25) is 0 Å². The number of rotatable bonds is 13. The van der Waals surface area contributed by atoms with Crippen LogP contribution in [0, 0.1) is 6.92 Å². The quantitative estimate of drug-likeness (QED) is 0.220. The first-order valence-electron chi connectivity index (χ1n) is 11.8. The summed E-state index contributed by atoms with van der Waals surface area (Å²) in [6.07, 6.45) is 6.60. The molecular weight excluding hydrogens is 454 g/mol. The molecule has 7 nitrogen and oxygen atoms in total. The third kappa shape index (κ3) is 6.53. The van der Waals surface area contributed by atoms with Gasteiger partial charge >= 0.3 is 5.97 Å². The zero-order valence-electron chi connectivity index (χ0n) is 20.1. The molecular formula is C26H33NO6S. The highest BCUT2D eigenvalue weighted by Gasteiger charge is 2.21. The summed E-state index contributed by atoms with van der Waals surface area (Å²) < 4.78 is 44.8. The molecule has 3 rings (SSSR count). The lowest BCUT2D eigenvalue weighted by Crippen LogP contribution is -2.13. The molecule has 2 aromatic carbocycles. The molecule has 0 bridgehead atoms. The van der Waals surface area contributed by atoms with E-state index in [1.54, 1.807) is 37.3 Å². The van der Waals surface area contributed by atoms with E-state index in [2.05, 4.69) is 11.6 Å². The summed E-state index contributed by atoms with van der Waals surface area (Å²) in [6, 6.07) is 11.0. The molecule has 0 aliphatic heterocycles. The van der Waals surface area contributed by atoms with E-state index in [4.69, 9.17) is 13.9 Å². The van der Waals surface area contributed by atoms with Crippen molar-refractivity contribution in [3.8, 4) is 5.75 Å². The number of fused-ring (bicyclic) bond motifs is 1. The molecule has 3 aromatic rings. The Balaban J connectivity index is 1.71. The molecule has 1 heterocycles. The Morgan fingerprint density at radius 2 is 1.68 bits per heavy atom. The van der Waals surface area contributed by atoms with Crippen LogP contribution in [0.15, 0.2) is 51.8 Å². The Bertz CT molecular complexity index is 1200. The lowest BCUT2D eigenvalue weighted by atomic mass is 10.1. The van der Waals surface area contributed by atoms with Gasteiger partial charge in [-0.3, -0.25) is 4.72 Å². The van der Waals surface area contributed by atoms with Gasteiger partial charge < -0.3 is 13.9 Å². The van der Waals surface area contributed by atoms with Crippen molar-refractivity contribution in [1.29, 1.82) is 0 Å². The van der Waals surface area contributed by atoms with Gasteiger partial charge in [0.05, 0.1) is 18.1 Å². The normalized spacial score (nSPS) is 11.5. The first kappa shape index (κ1) is 25.6. The van der Waals surface area contributed by atoms with Crippen LogP contribution in [-0.4, -0.2) is 27.6 Å². The van der Waals surface area contributed by atoms with Gasteiger partial charge in [0.25, 0.3) is 10.0 Å².